The predicted molar refractivity (Wildman–Crippen MR) is 55.4 cm³/mol. The number of rotatable bonds is 3. The number of hydrogen-bond acceptors (Lipinski definition) is 2. The van der Waals surface area contributed by atoms with Crippen LogP contribution >= 0.6 is 11.6 Å². The second-order valence-corrected chi connectivity index (χ2v) is 3.57. The van der Waals surface area contributed by atoms with Crippen molar-refractivity contribution in [1.82, 2.24) is 0 Å². The van der Waals surface area contributed by atoms with E-state index in [1.807, 2.05) is 0 Å². The molecule has 0 N–H and O–H groups in total. The second kappa shape index (κ2) is 4.90. The first kappa shape index (κ1) is 11.7. The Morgan fingerprint density at radius 2 is 2.33 bits per heavy atom. The Labute approximate surface area is 92.3 Å². The van der Waals surface area contributed by atoms with E-state index in [-0.39, 0.29) is 16.9 Å². The Bertz CT molecular complexity index is 425. The molecular weight excluding hydrogens is 217 g/mol. The molecule has 0 fully saturated rings. The number of benzene rings is 1. The average molecular weight is 226 g/mol. The van der Waals surface area contributed by atoms with Gasteiger partial charge in [-0.3, -0.25) is 4.79 Å². The summed E-state index contributed by atoms with van der Waals surface area (Å²) < 4.78 is 12.9. The third-order valence-electron chi connectivity index (χ3n) is 2.01. The van der Waals surface area contributed by atoms with Crippen LogP contribution in [0.3, 0.4) is 0 Å². The highest BCUT2D eigenvalue weighted by Gasteiger charge is 2.16. The second-order valence-electron chi connectivity index (χ2n) is 3.05. The van der Waals surface area contributed by atoms with E-state index in [9.17, 15) is 9.18 Å². The number of carbonyl (C=O) groups is 1. The molecule has 1 atom stereocenters. The third kappa shape index (κ3) is 2.54. The van der Waals surface area contributed by atoms with Crippen molar-refractivity contribution in [3.63, 3.8) is 0 Å². The van der Waals surface area contributed by atoms with Crippen molar-refractivity contribution in [3.8, 4) is 6.07 Å². The molecule has 0 radical (unpaired) electrons. The lowest BCUT2D eigenvalue weighted by Gasteiger charge is -2.05. The lowest BCUT2D eigenvalue weighted by Crippen LogP contribution is -2.13. The molecule has 1 aromatic carbocycles. The molecule has 1 unspecified atom stereocenters. The summed E-state index contributed by atoms with van der Waals surface area (Å²) in [6, 6.07) is 5.34. The van der Waals surface area contributed by atoms with Gasteiger partial charge >= 0.3 is 0 Å². The minimum absolute atomic E-state index is 0.138. The maximum atomic E-state index is 12.9. The van der Waals surface area contributed by atoms with Crippen LogP contribution in [-0.4, -0.2) is 11.2 Å². The van der Waals surface area contributed by atoms with Gasteiger partial charge in [0.1, 0.15) is 11.9 Å². The van der Waals surface area contributed by atoms with E-state index in [0.717, 1.165) is 6.07 Å². The fraction of sp³-hybridized carbons (Fsp3) is 0.273. The topological polar surface area (TPSA) is 40.9 Å². The van der Waals surface area contributed by atoms with Gasteiger partial charge in [0, 0.05) is 5.56 Å². The number of carbonyl (C=O) groups excluding carboxylic acids is 1. The molecule has 2 nitrogen and oxygen atoms in total. The van der Waals surface area contributed by atoms with Crippen LogP contribution in [0.25, 0.3) is 0 Å². The van der Waals surface area contributed by atoms with Gasteiger partial charge in [-0.05, 0) is 24.6 Å². The highest BCUT2D eigenvalue weighted by molar-refractivity contribution is 6.33. The van der Waals surface area contributed by atoms with E-state index < -0.39 is 11.2 Å². The monoisotopic (exact) mass is 225 g/mol. The van der Waals surface area contributed by atoms with Gasteiger partial charge in [-0.25, -0.2) is 4.39 Å². The zero-order valence-electron chi connectivity index (χ0n) is 8.13. The summed E-state index contributed by atoms with van der Waals surface area (Å²) in [4.78, 5) is 11.6. The SMILES string of the molecule is CCC(Cl)C(=O)c1ccc(F)c(C#N)c1. The number of hydrogen-bond donors (Lipinski definition) is 0. The van der Waals surface area contributed by atoms with Crippen molar-refractivity contribution in [2.75, 3.05) is 0 Å². The van der Waals surface area contributed by atoms with E-state index in [0.29, 0.717) is 6.42 Å². The van der Waals surface area contributed by atoms with E-state index in [2.05, 4.69) is 0 Å². The van der Waals surface area contributed by atoms with Crippen LogP contribution in [0.5, 0.6) is 0 Å². The number of halogens is 2. The number of nitriles is 1. The van der Waals surface area contributed by atoms with Gasteiger partial charge in [-0.2, -0.15) is 5.26 Å². The van der Waals surface area contributed by atoms with Gasteiger partial charge in [0.05, 0.1) is 10.9 Å². The minimum atomic E-state index is -0.628. The van der Waals surface area contributed by atoms with Crippen molar-refractivity contribution < 1.29 is 9.18 Å². The van der Waals surface area contributed by atoms with Gasteiger partial charge in [-0.1, -0.05) is 6.92 Å². The summed E-state index contributed by atoms with van der Waals surface area (Å²) in [5, 5.41) is 7.96. The molecule has 0 aliphatic carbocycles. The molecule has 0 spiro atoms. The van der Waals surface area contributed by atoms with Crippen LogP contribution < -0.4 is 0 Å². The molecule has 15 heavy (non-hydrogen) atoms. The molecule has 0 aromatic heterocycles. The predicted octanol–water partition coefficient (Wildman–Crippen LogP) is 2.90. The Balaban J connectivity index is 3.07. The van der Waals surface area contributed by atoms with Crippen LogP contribution in [0.15, 0.2) is 18.2 Å². The van der Waals surface area contributed by atoms with Gasteiger partial charge in [0.25, 0.3) is 0 Å². The summed E-state index contributed by atoms with van der Waals surface area (Å²) in [5.74, 6) is -0.910. The van der Waals surface area contributed by atoms with Gasteiger partial charge in [0.2, 0.25) is 0 Å². The molecule has 0 heterocycles. The lowest BCUT2D eigenvalue weighted by molar-refractivity contribution is 0.0985. The minimum Gasteiger partial charge on any atom is -0.293 e. The Hall–Kier alpha value is -1.40. The van der Waals surface area contributed by atoms with Crippen molar-refractivity contribution >= 4 is 17.4 Å². The maximum Gasteiger partial charge on any atom is 0.180 e. The first-order valence-electron chi connectivity index (χ1n) is 4.48. The maximum absolute atomic E-state index is 12.9. The zero-order chi connectivity index (χ0) is 11.4. The molecule has 0 saturated heterocycles. The zero-order valence-corrected chi connectivity index (χ0v) is 8.88. The molecule has 0 saturated carbocycles. The quantitative estimate of drug-likeness (QED) is 0.586. The first-order valence-corrected chi connectivity index (χ1v) is 4.91. The summed E-state index contributed by atoms with van der Waals surface area (Å²) in [6.07, 6.45) is 0.500. The molecule has 0 aliphatic heterocycles. The first-order chi connectivity index (χ1) is 7.10. The summed E-state index contributed by atoms with van der Waals surface area (Å²) >= 11 is 5.76. The van der Waals surface area contributed by atoms with Crippen molar-refractivity contribution in [2.45, 2.75) is 18.7 Å². The van der Waals surface area contributed by atoms with Crippen molar-refractivity contribution in [2.24, 2.45) is 0 Å². The van der Waals surface area contributed by atoms with Gasteiger partial charge in [-0.15, -0.1) is 11.6 Å². The normalized spacial score (nSPS) is 11.9. The van der Waals surface area contributed by atoms with E-state index in [1.165, 1.54) is 12.1 Å². The molecule has 4 heteroatoms. The summed E-state index contributed by atoms with van der Waals surface area (Å²) in [6.45, 7) is 1.78. The van der Waals surface area contributed by atoms with Crippen LogP contribution in [0.4, 0.5) is 4.39 Å². The van der Waals surface area contributed by atoms with Crippen LogP contribution in [0.1, 0.15) is 29.3 Å². The number of alkyl halides is 1. The summed E-state index contributed by atoms with van der Waals surface area (Å²) in [7, 11) is 0. The Kier molecular flexibility index (Phi) is 3.81. The van der Waals surface area contributed by atoms with E-state index in [1.54, 1.807) is 13.0 Å². The Morgan fingerprint density at radius 1 is 1.67 bits per heavy atom. The fourth-order valence-corrected chi connectivity index (χ4v) is 1.26. The van der Waals surface area contributed by atoms with Crippen LogP contribution in [0.2, 0.25) is 0 Å². The smallest absolute Gasteiger partial charge is 0.180 e. The molecule has 1 aromatic rings. The van der Waals surface area contributed by atoms with Crippen molar-refractivity contribution in [3.05, 3.63) is 35.1 Å². The highest BCUT2D eigenvalue weighted by Crippen LogP contribution is 2.15. The molecular formula is C11H9ClFNO. The van der Waals surface area contributed by atoms with Crippen LogP contribution in [0, 0.1) is 17.1 Å². The van der Waals surface area contributed by atoms with E-state index in [4.69, 9.17) is 16.9 Å². The Morgan fingerprint density at radius 3 is 2.87 bits per heavy atom. The highest BCUT2D eigenvalue weighted by atomic mass is 35.5. The molecule has 1 rings (SSSR count). The largest absolute Gasteiger partial charge is 0.293 e. The molecule has 0 aliphatic rings. The average Bonchev–Trinajstić information content (AvgIpc) is 2.27. The molecule has 0 bridgehead atoms. The lowest BCUT2D eigenvalue weighted by atomic mass is 10.0. The fourth-order valence-electron chi connectivity index (χ4n) is 1.13. The molecule has 78 valence electrons. The molecule has 0 amide bonds. The van der Waals surface area contributed by atoms with Gasteiger partial charge < -0.3 is 0 Å². The number of Topliss-reactive ketones (excluding diaryl/α,β-unsaturated/α-hetero) is 1. The van der Waals surface area contributed by atoms with E-state index >= 15 is 0 Å². The van der Waals surface area contributed by atoms with Crippen molar-refractivity contribution in [1.29, 1.82) is 5.26 Å². The standard InChI is InChI=1S/C11H9ClFNO/c1-2-9(12)11(15)7-3-4-10(13)8(5-7)6-14/h3-5,9H,2H2,1H3. The van der Waals surface area contributed by atoms with Gasteiger partial charge in [0.15, 0.2) is 5.78 Å². The van der Waals surface area contributed by atoms with Crippen LogP contribution in [-0.2, 0) is 0 Å². The number of ketones is 1. The third-order valence-corrected chi connectivity index (χ3v) is 2.52. The number of nitrogens with zero attached hydrogens (tertiary/aromatic N) is 1. The summed E-state index contributed by atoms with van der Waals surface area (Å²) in [5.41, 5.74) is 0.135.